The minimum atomic E-state index is 0.691. The van der Waals surface area contributed by atoms with Crippen LogP contribution in [0.3, 0.4) is 0 Å². The molecule has 0 aromatic carbocycles. The quantitative estimate of drug-likeness (QED) is 0.650. The van der Waals surface area contributed by atoms with E-state index in [0.717, 1.165) is 18.5 Å². The molecule has 96 valence electrons. The molecule has 1 aliphatic rings. The van der Waals surface area contributed by atoms with Crippen molar-refractivity contribution < 1.29 is 0 Å². The van der Waals surface area contributed by atoms with Crippen molar-refractivity contribution in [1.82, 2.24) is 10.2 Å². The smallest absolute Gasteiger partial charge is 0.0194 e. The summed E-state index contributed by atoms with van der Waals surface area (Å²) in [5, 5.41) is 3.67. The SMILES string of the molecule is CCCNC(CCC)CN(C)C(C)C1CC1. The summed E-state index contributed by atoms with van der Waals surface area (Å²) in [7, 11) is 2.29. The third kappa shape index (κ3) is 4.84. The first-order valence-electron chi connectivity index (χ1n) is 7.12. The maximum Gasteiger partial charge on any atom is 0.0194 e. The van der Waals surface area contributed by atoms with Gasteiger partial charge < -0.3 is 10.2 Å². The van der Waals surface area contributed by atoms with E-state index in [9.17, 15) is 0 Å². The lowest BCUT2D eigenvalue weighted by molar-refractivity contribution is 0.205. The zero-order valence-corrected chi connectivity index (χ0v) is 11.6. The van der Waals surface area contributed by atoms with E-state index in [1.54, 1.807) is 0 Å². The van der Waals surface area contributed by atoms with E-state index in [-0.39, 0.29) is 0 Å². The van der Waals surface area contributed by atoms with Crippen LogP contribution in [0.4, 0.5) is 0 Å². The highest BCUT2D eigenvalue weighted by Gasteiger charge is 2.30. The van der Waals surface area contributed by atoms with Crippen molar-refractivity contribution in [3.63, 3.8) is 0 Å². The molecule has 1 aliphatic carbocycles. The molecule has 1 rings (SSSR count). The topological polar surface area (TPSA) is 15.3 Å². The van der Waals surface area contributed by atoms with Crippen LogP contribution in [0.25, 0.3) is 0 Å². The van der Waals surface area contributed by atoms with Crippen molar-refractivity contribution in [3.05, 3.63) is 0 Å². The predicted octanol–water partition coefficient (Wildman–Crippen LogP) is 2.89. The number of nitrogens with zero attached hydrogens (tertiary/aromatic N) is 1. The van der Waals surface area contributed by atoms with Gasteiger partial charge in [0.1, 0.15) is 0 Å². The lowest BCUT2D eigenvalue weighted by Crippen LogP contribution is -2.43. The Labute approximate surface area is 102 Å². The van der Waals surface area contributed by atoms with Gasteiger partial charge in [0.2, 0.25) is 0 Å². The highest BCUT2D eigenvalue weighted by Crippen LogP contribution is 2.34. The van der Waals surface area contributed by atoms with Crippen molar-refractivity contribution in [2.24, 2.45) is 5.92 Å². The lowest BCUT2D eigenvalue weighted by atomic mass is 10.1. The van der Waals surface area contributed by atoms with E-state index in [0.29, 0.717) is 6.04 Å². The van der Waals surface area contributed by atoms with Crippen LogP contribution in [0.15, 0.2) is 0 Å². The van der Waals surface area contributed by atoms with Crippen molar-refractivity contribution in [1.29, 1.82) is 0 Å². The van der Waals surface area contributed by atoms with Crippen molar-refractivity contribution >= 4 is 0 Å². The fraction of sp³-hybridized carbons (Fsp3) is 1.00. The van der Waals surface area contributed by atoms with Crippen LogP contribution >= 0.6 is 0 Å². The highest BCUT2D eigenvalue weighted by molar-refractivity contribution is 4.85. The molecule has 0 aliphatic heterocycles. The molecular weight excluding hydrogens is 196 g/mol. The van der Waals surface area contributed by atoms with E-state index in [1.165, 1.54) is 38.6 Å². The third-order valence-corrected chi connectivity index (χ3v) is 3.83. The highest BCUT2D eigenvalue weighted by atomic mass is 15.2. The second-order valence-corrected chi connectivity index (χ2v) is 5.46. The maximum absolute atomic E-state index is 3.67. The Morgan fingerprint density at radius 1 is 1.25 bits per heavy atom. The summed E-state index contributed by atoms with van der Waals surface area (Å²) < 4.78 is 0. The van der Waals surface area contributed by atoms with Crippen LogP contribution in [-0.4, -0.2) is 37.1 Å². The average Bonchev–Trinajstić information content (AvgIpc) is 3.08. The summed E-state index contributed by atoms with van der Waals surface area (Å²) in [5.41, 5.74) is 0. The van der Waals surface area contributed by atoms with Crippen molar-refractivity contribution in [2.45, 2.75) is 65.0 Å². The standard InChI is InChI=1S/C14H30N2/c1-5-7-14(15-10-6-2)11-16(4)12(3)13-8-9-13/h12-15H,5-11H2,1-4H3. The van der Waals surface area contributed by atoms with Crippen LogP contribution in [0.5, 0.6) is 0 Å². The summed E-state index contributed by atoms with van der Waals surface area (Å²) in [5.74, 6) is 0.985. The zero-order valence-electron chi connectivity index (χ0n) is 11.6. The van der Waals surface area contributed by atoms with Gasteiger partial charge in [-0.15, -0.1) is 0 Å². The average molecular weight is 226 g/mol. The number of nitrogens with one attached hydrogen (secondary N) is 1. The summed E-state index contributed by atoms with van der Waals surface area (Å²) in [6, 6.07) is 1.47. The van der Waals surface area contributed by atoms with E-state index in [1.807, 2.05) is 0 Å². The predicted molar refractivity (Wildman–Crippen MR) is 71.8 cm³/mol. The molecule has 0 heterocycles. The van der Waals surface area contributed by atoms with Crippen LogP contribution in [0.2, 0.25) is 0 Å². The van der Waals surface area contributed by atoms with Crippen LogP contribution in [-0.2, 0) is 0 Å². The molecule has 2 atom stereocenters. The van der Waals surface area contributed by atoms with E-state index < -0.39 is 0 Å². The van der Waals surface area contributed by atoms with E-state index >= 15 is 0 Å². The lowest BCUT2D eigenvalue weighted by Gasteiger charge is -2.29. The first-order valence-corrected chi connectivity index (χ1v) is 7.12. The monoisotopic (exact) mass is 226 g/mol. The fourth-order valence-electron chi connectivity index (χ4n) is 2.41. The molecular formula is C14H30N2. The Bertz CT molecular complexity index is 178. The Kier molecular flexibility index (Phi) is 6.37. The Hall–Kier alpha value is -0.0800. The second kappa shape index (κ2) is 7.29. The summed E-state index contributed by atoms with van der Waals surface area (Å²) in [4.78, 5) is 2.56. The number of hydrogen-bond acceptors (Lipinski definition) is 2. The summed E-state index contributed by atoms with van der Waals surface area (Å²) in [6.45, 7) is 9.29. The zero-order chi connectivity index (χ0) is 12.0. The molecule has 2 heteroatoms. The second-order valence-electron chi connectivity index (χ2n) is 5.46. The molecule has 1 N–H and O–H groups in total. The van der Waals surface area contributed by atoms with E-state index in [2.05, 4.69) is 38.0 Å². The molecule has 1 saturated carbocycles. The first-order chi connectivity index (χ1) is 7.69. The van der Waals surface area contributed by atoms with E-state index in [4.69, 9.17) is 0 Å². The van der Waals surface area contributed by atoms with Gasteiger partial charge in [0.05, 0.1) is 0 Å². The molecule has 0 aromatic heterocycles. The molecule has 0 bridgehead atoms. The van der Waals surface area contributed by atoms with Gasteiger partial charge in [-0.05, 0) is 52.1 Å². The largest absolute Gasteiger partial charge is 0.313 e. The normalized spacial score (nSPS) is 20.1. The van der Waals surface area contributed by atoms with Gasteiger partial charge >= 0.3 is 0 Å². The van der Waals surface area contributed by atoms with Gasteiger partial charge in [-0.1, -0.05) is 20.3 Å². The Morgan fingerprint density at radius 2 is 1.94 bits per heavy atom. The van der Waals surface area contributed by atoms with Gasteiger partial charge in [-0.25, -0.2) is 0 Å². The molecule has 0 aromatic rings. The molecule has 0 spiro atoms. The summed E-state index contributed by atoms with van der Waals surface area (Å²) in [6.07, 6.45) is 6.73. The number of rotatable bonds is 9. The van der Waals surface area contributed by atoms with Crippen LogP contribution in [0, 0.1) is 5.92 Å². The Morgan fingerprint density at radius 3 is 2.44 bits per heavy atom. The fourth-order valence-corrected chi connectivity index (χ4v) is 2.41. The molecule has 1 fully saturated rings. The summed E-state index contributed by atoms with van der Waals surface area (Å²) >= 11 is 0. The van der Waals surface area contributed by atoms with Gasteiger partial charge in [0.25, 0.3) is 0 Å². The third-order valence-electron chi connectivity index (χ3n) is 3.83. The Balaban J connectivity index is 2.27. The number of hydrogen-bond donors (Lipinski definition) is 1. The molecule has 0 saturated heterocycles. The van der Waals surface area contributed by atoms with Gasteiger partial charge in [0, 0.05) is 18.6 Å². The molecule has 2 nitrogen and oxygen atoms in total. The maximum atomic E-state index is 3.67. The minimum absolute atomic E-state index is 0.691. The van der Waals surface area contributed by atoms with Gasteiger partial charge in [-0.3, -0.25) is 0 Å². The van der Waals surface area contributed by atoms with Gasteiger partial charge in [0.15, 0.2) is 0 Å². The van der Waals surface area contributed by atoms with Gasteiger partial charge in [-0.2, -0.15) is 0 Å². The number of likely N-dealkylation sites (N-methyl/N-ethyl adjacent to an activating group) is 1. The van der Waals surface area contributed by atoms with Crippen molar-refractivity contribution in [3.8, 4) is 0 Å². The molecule has 2 unspecified atom stereocenters. The first kappa shape index (κ1) is 14.0. The minimum Gasteiger partial charge on any atom is -0.313 e. The molecule has 0 radical (unpaired) electrons. The molecule has 0 amide bonds. The van der Waals surface area contributed by atoms with Crippen LogP contribution < -0.4 is 5.32 Å². The molecule has 16 heavy (non-hydrogen) atoms. The van der Waals surface area contributed by atoms with Crippen LogP contribution in [0.1, 0.15) is 52.9 Å². The van der Waals surface area contributed by atoms with Crippen molar-refractivity contribution in [2.75, 3.05) is 20.1 Å².